The number of ether oxygens (including phenoxy) is 2. The Labute approximate surface area is 323 Å². The number of aliphatic hydroxyl groups is 1. The molecule has 1 amide bonds. The lowest BCUT2D eigenvalue weighted by Gasteiger charge is -2.36. The molecule has 5 rings (SSSR count). The molecule has 12 nitrogen and oxygen atoms in total. The fourth-order valence-electron chi connectivity index (χ4n) is 6.24. The van der Waals surface area contributed by atoms with Crippen LogP contribution in [0.4, 0.5) is 23.2 Å². The van der Waals surface area contributed by atoms with Crippen molar-refractivity contribution < 1.29 is 50.1 Å². The summed E-state index contributed by atoms with van der Waals surface area (Å²) in [6.07, 6.45) is 2.91. The van der Waals surface area contributed by atoms with Gasteiger partial charge in [0.15, 0.2) is 11.6 Å². The molecule has 302 valence electrons. The first-order valence-electron chi connectivity index (χ1n) is 18.2. The molecule has 0 atom stereocenters. The number of carbonyl (C=O) groups excluding carboxylic acids is 2. The summed E-state index contributed by atoms with van der Waals surface area (Å²) in [5.74, 6) is -9.49. The molecule has 0 unspecified atom stereocenters. The van der Waals surface area contributed by atoms with Gasteiger partial charge in [-0.05, 0) is 61.8 Å². The average molecular weight is 804 g/mol. The van der Waals surface area contributed by atoms with Crippen molar-refractivity contribution in [3.8, 4) is 16.9 Å². The Hall–Kier alpha value is -4.68. The van der Waals surface area contributed by atoms with Crippen molar-refractivity contribution in [1.29, 1.82) is 0 Å². The number of halogens is 4. The highest BCUT2D eigenvalue weighted by atomic mass is 32.2. The molecule has 2 aliphatic rings. The summed E-state index contributed by atoms with van der Waals surface area (Å²) < 4.78 is 91.7. The van der Waals surface area contributed by atoms with E-state index < -0.39 is 51.4 Å². The number of aliphatic hydroxyl groups excluding tert-OH is 1. The largest absolute Gasteiger partial charge is 0.420 e. The monoisotopic (exact) mass is 803 g/mol. The van der Waals surface area contributed by atoms with Gasteiger partial charge in [-0.25, -0.2) is 22.2 Å². The number of fused-ring (bicyclic) bond motifs is 1. The summed E-state index contributed by atoms with van der Waals surface area (Å²) in [4.78, 5) is 34.3. The lowest BCUT2D eigenvalue weighted by atomic mass is 10.0. The van der Waals surface area contributed by atoms with Crippen LogP contribution in [0, 0.1) is 29.2 Å². The van der Waals surface area contributed by atoms with E-state index >= 15 is 0 Å². The van der Waals surface area contributed by atoms with Gasteiger partial charge in [-0.2, -0.15) is 13.1 Å². The standard InChI is InChI=1S/C39H45F4N5O7S/c1-3-11-47(13-5-12-46(2)14-16-54-15-10-35(50)55-38-36(42)31(40)21-32(41)37(38)43)39(51)29-17-28-9-8-27(19-33(28)45-34(44)20-29)26-6-4-7-30(18-26)56(52,53)48-22-25(23-48)24-49/h4,6-9,17-19,21,25,49H,3,5,10-16,20,22-24H2,1-2H3,(H2,44,45). The minimum atomic E-state index is -3.70. The van der Waals surface area contributed by atoms with Crippen molar-refractivity contribution >= 4 is 39.5 Å². The Morgan fingerprint density at radius 1 is 0.964 bits per heavy atom. The Morgan fingerprint density at radius 2 is 1.68 bits per heavy atom. The normalized spacial score (nSPS) is 14.8. The Kier molecular flexibility index (Phi) is 14.4. The number of rotatable bonds is 18. The van der Waals surface area contributed by atoms with Crippen LogP contribution >= 0.6 is 0 Å². The van der Waals surface area contributed by atoms with Gasteiger partial charge in [-0.15, -0.1) is 0 Å². The second-order valence-electron chi connectivity index (χ2n) is 13.7. The molecule has 17 heteroatoms. The first-order valence-corrected chi connectivity index (χ1v) is 19.6. The SMILES string of the molecule is CCCN(CCCN(C)CCOCCC(=O)Oc1c(F)c(F)cc(F)c1F)C(=O)C1=Cc2ccc(-c3cccc(S(=O)(=O)N4CC(CO)C4)c3)cc2N=C(N)C1. The van der Waals surface area contributed by atoms with Crippen molar-refractivity contribution in [1.82, 2.24) is 14.1 Å². The number of nitrogens with two attached hydrogens (primary N) is 1. The number of esters is 1. The van der Waals surface area contributed by atoms with E-state index in [0.29, 0.717) is 55.0 Å². The number of benzene rings is 3. The minimum Gasteiger partial charge on any atom is -0.420 e. The van der Waals surface area contributed by atoms with Crippen LogP contribution in [0.25, 0.3) is 17.2 Å². The summed E-state index contributed by atoms with van der Waals surface area (Å²) in [7, 11) is -1.84. The van der Waals surface area contributed by atoms with Gasteiger partial charge in [0.1, 0.15) is 5.84 Å². The van der Waals surface area contributed by atoms with Gasteiger partial charge in [0.2, 0.25) is 33.3 Å². The van der Waals surface area contributed by atoms with Gasteiger partial charge in [-0.3, -0.25) is 9.59 Å². The zero-order valence-corrected chi connectivity index (χ0v) is 32.0. The van der Waals surface area contributed by atoms with Gasteiger partial charge in [0.05, 0.1) is 30.2 Å². The molecule has 2 aliphatic heterocycles. The molecule has 3 aromatic carbocycles. The molecule has 0 aromatic heterocycles. The molecule has 3 N–H and O–H groups in total. The number of hydrogen-bond acceptors (Lipinski definition) is 10. The Balaban J connectivity index is 1.12. The fourth-order valence-corrected chi connectivity index (χ4v) is 7.88. The van der Waals surface area contributed by atoms with Crippen LogP contribution in [0.3, 0.4) is 0 Å². The highest BCUT2D eigenvalue weighted by Crippen LogP contribution is 2.34. The van der Waals surface area contributed by atoms with Gasteiger partial charge in [0.25, 0.3) is 0 Å². The van der Waals surface area contributed by atoms with Crippen LogP contribution in [-0.2, 0) is 24.3 Å². The average Bonchev–Trinajstić information content (AvgIpc) is 3.32. The van der Waals surface area contributed by atoms with Crippen molar-refractivity contribution in [2.75, 3.05) is 66.1 Å². The summed E-state index contributed by atoms with van der Waals surface area (Å²) in [6.45, 7) is 4.61. The number of amides is 1. The zero-order valence-electron chi connectivity index (χ0n) is 31.1. The van der Waals surface area contributed by atoms with Gasteiger partial charge in [0, 0.05) is 68.9 Å². The summed E-state index contributed by atoms with van der Waals surface area (Å²) in [6, 6.07) is 12.2. The molecule has 0 saturated carbocycles. The van der Waals surface area contributed by atoms with Crippen LogP contribution in [0.15, 0.2) is 64.0 Å². The zero-order chi connectivity index (χ0) is 40.6. The van der Waals surface area contributed by atoms with E-state index in [2.05, 4.69) is 9.73 Å². The number of likely N-dealkylation sites (N-methyl/N-ethyl adjacent to an activating group) is 1. The number of sulfonamides is 1. The molecule has 1 saturated heterocycles. The second kappa shape index (κ2) is 19.0. The van der Waals surface area contributed by atoms with Crippen LogP contribution in [-0.4, -0.2) is 111 Å². The van der Waals surface area contributed by atoms with Crippen molar-refractivity contribution in [2.45, 2.75) is 37.5 Å². The Morgan fingerprint density at radius 3 is 2.38 bits per heavy atom. The molecule has 1 fully saturated rings. The van der Waals surface area contributed by atoms with Crippen LogP contribution in [0.1, 0.15) is 38.2 Å². The molecule has 0 aliphatic carbocycles. The highest BCUT2D eigenvalue weighted by molar-refractivity contribution is 7.89. The first-order chi connectivity index (χ1) is 26.7. The molecule has 3 aromatic rings. The second-order valence-corrected chi connectivity index (χ2v) is 15.6. The van der Waals surface area contributed by atoms with E-state index in [1.165, 1.54) is 4.31 Å². The smallest absolute Gasteiger partial charge is 0.313 e. The van der Waals surface area contributed by atoms with Gasteiger partial charge >= 0.3 is 5.97 Å². The molecule has 56 heavy (non-hydrogen) atoms. The van der Waals surface area contributed by atoms with Crippen LogP contribution in [0.5, 0.6) is 5.75 Å². The molecule has 0 radical (unpaired) electrons. The molecular weight excluding hydrogens is 759 g/mol. The predicted molar refractivity (Wildman–Crippen MR) is 201 cm³/mol. The topological polar surface area (TPSA) is 155 Å². The van der Waals surface area contributed by atoms with E-state index in [1.54, 1.807) is 29.2 Å². The number of aliphatic imine (C=N–C) groups is 1. The number of nitrogens with zero attached hydrogens (tertiary/aromatic N) is 4. The first kappa shape index (κ1) is 42.5. The predicted octanol–water partition coefficient (Wildman–Crippen LogP) is 4.87. The quantitative estimate of drug-likeness (QED) is 0.0603. The Bertz CT molecular complexity index is 2070. The molecular formula is C39H45F4N5O7S. The van der Waals surface area contributed by atoms with E-state index in [1.807, 2.05) is 43.1 Å². The lowest BCUT2D eigenvalue weighted by molar-refractivity contribution is -0.136. The number of carbonyl (C=O) groups is 2. The van der Waals surface area contributed by atoms with Crippen molar-refractivity contribution in [2.24, 2.45) is 16.6 Å². The van der Waals surface area contributed by atoms with E-state index in [9.17, 15) is 40.7 Å². The van der Waals surface area contributed by atoms with E-state index in [4.69, 9.17) is 10.5 Å². The minimum absolute atomic E-state index is 0.0178. The van der Waals surface area contributed by atoms with E-state index in [0.717, 1.165) is 12.0 Å². The molecule has 0 spiro atoms. The van der Waals surface area contributed by atoms with E-state index in [-0.39, 0.29) is 68.0 Å². The summed E-state index contributed by atoms with van der Waals surface area (Å²) in [5.41, 5.74) is 9.46. The maximum Gasteiger partial charge on any atom is 0.313 e. The molecule has 0 bridgehead atoms. The fraction of sp³-hybridized carbons (Fsp3) is 0.410. The van der Waals surface area contributed by atoms with Gasteiger partial charge < -0.3 is 30.1 Å². The van der Waals surface area contributed by atoms with Crippen molar-refractivity contribution in [3.05, 3.63) is 82.9 Å². The van der Waals surface area contributed by atoms with Crippen LogP contribution in [0.2, 0.25) is 0 Å². The third-order valence-electron chi connectivity index (χ3n) is 9.36. The summed E-state index contributed by atoms with van der Waals surface area (Å²) in [5, 5.41) is 9.31. The maximum atomic E-state index is 13.8. The third-order valence-corrected chi connectivity index (χ3v) is 11.2. The number of amidine groups is 1. The molecule has 2 heterocycles. The number of hydrogen-bond donors (Lipinski definition) is 2. The van der Waals surface area contributed by atoms with Crippen LogP contribution < -0.4 is 10.5 Å². The van der Waals surface area contributed by atoms with Crippen molar-refractivity contribution in [3.63, 3.8) is 0 Å². The summed E-state index contributed by atoms with van der Waals surface area (Å²) >= 11 is 0. The maximum absolute atomic E-state index is 13.8. The highest BCUT2D eigenvalue weighted by Gasteiger charge is 2.36. The third kappa shape index (κ3) is 10.4. The van der Waals surface area contributed by atoms with Gasteiger partial charge in [-0.1, -0.05) is 31.2 Å². The lowest BCUT2D eigenvalue weighted by Crippen LogP contribution is -2.51.